The van der Waals surface area contributed by atoms with E-state index in [0.29, 0.717) is 12.0 Å². The molecule has 1 aromatic heterocycles. The van der Waals surface area contributed by atoms with Gasteiger partial charge in [-0.15, -0.1) is 0 Å². The Labute approximate surface area is 259 Å². The highest BCUT2D eigenvalue weighted by molar-refractivity contribution is 5.02. The van der Waals surface area contributed by atoms with Crippen LogP contribution < -0.4 is 0 Å². The van der Waals surface area contributed by atoms with Gasteiger partial charge < -0.3 is 4.57 Å². The Morgan fingerprint density at radius 2 is 0.780 bits per heavy atom. The lowest BCUT2D eigenvalue weighted by Gasteiger charge is -2.22. The summed E-state index contributed by atoms with van der Waals surface area (Å²) in [5.41, 5.74) is 0. The minimum absolute atomic E-state index is 0.589. The molecule has 1 rings (SSSR count). The molecular formula is C39H76N2. The van der Waals surface area contributed by atoms with Gasteiger partial charge in [-0.1, -0.05) is 194 Å². The van der Waals surface area contributed by atoms with Crippen molar-refractivity contribution < 1.29 is 0 Å². The molecule has 0 bridgehead atoms. The maximum Gasteiger partial charge on any atom is 0.111 e. The third-order valence-corrected chi connectivity index (χ3v) is 9.58. The zero-order valence-corrected chi connectivity index (χ0v) is 28.9. The molecule has 2 unspecified atom stereocenters. The van der Waals surface area contributed by atoms with Crippen molar-refractivity contribution in [1.82, 2.24) is 9.55 Å². The molecule has 242 valence electrons. The molecule has 2 atom stereocenters. The molecule has 1 heterocycles. The zero-order valence-electron chi connectivity index (χ0n) is 28.9. The van der Waals surface area contributed by atoms with Gasteiger partial charge in [0.15, 0.2) is 0 Å². The maximum atomic E-state index is 4.97. The van der Waals surface area contributed by atoms with E-state index < -0.39 is 0 Å². The lowest BCUT2D eigenvalue weighted by Crippen LogP contribution is -2.13. The fourth-order valence-electron chi connectivity index (χ4n) is 6.71. The summed E-state index contributed by atoms with van der Waals surface area (Å²) in [7, 11) is 0. The van der Waals surface area contributed by atoms with E-state index in [9.17, 15) is 0 Å². The first-order valence-corrected chi connectivity index (χ1v) is 19.3. The fourth-order valence-corrected chi connectivity index (χ4v) is 6.71. The molecule has 0 aromatic carbocycles. The van der Waals surface area contributed by atoms with Gasteiger partial charge in [0, 0.05) is 24.4 Å². The number of imidazole rings is 1. The summed E-state index contributed by atoms with van der Waals surface area (Å²) in [4.78, 5) is 4.97. The summed E-state index contributed by atoms with van der Waals surface area (Å²) in [6, 6.07) is 0.589. The van der Waals surface area contributed by atoms with Gasteiger partial charge in [0.1, 0.15) is 5.82 Å². The monoisotopic (exact) mass is 573 g/mol. The lowest BCUT2D eigenvalue weighted by atomic mass is 9.92. The van der Waals surface area contributed by atoms with Crippen molar-refractivity contribution in [3.63, 3.8) is 0 Å². The van der Waals surface area contributed by atoms with E-state index in [1.54, 1.807) is 0 Å². The first-order chi connectivity index (χ1) is 20.2. The van der Waals surface area contributed by atoms with Crippen molar-refractivity contribution in [2.75, 3.05) is 0 Å². The van der Waals surface area contributed by atoms with Crippen LogP contribution in [0.1, 0.15) is 238 Å². The first-order valence-electron chi connectivity index (χ1n) is 19.3. The summed E-state index contributed by atoms with van der Waals surface area (Å²) in [5, 5.41) is 0. The molecule has 0 radical (unpaired) electrons. The zero-order chi connectivity index (χ0) is 29.6. The molecule has 0 fully saturated rings. The summed E-state index contributed by atoms with van der Waals surface area (Å²) in [5.74, 6) is 2.06. The van der Waals surface area contributed by atoms with Crippen LogP contribution in [0, 0.1) is 0 Å². The molecule has 2 heteroatoms. The highest BCUT2D eigenvalue weighted by atomic mass is 15.1. The van der Waals surface area contributed by atoms with Crippen molar-refractivity contribution in [3.8, 4) is 0 Å². The van der Waals surface area contributed by atoms with Gasteiger partial charge in [-0.2, -0.15) is 0 Å². The molecule has 0 saturated carbocycles. The SMILES string of the molecule is CCCCCCCCCCCCCCCCCCC(CCCCCCCCCC)c1nccn1C(C)CCCCC. The van der Waals surface area contributed by atoms with Crippen LogP contribution in [-0.4, -0.2) is 9.55 Å². The molecular weight excluding hydrogens is 496 g/mol. The van der Waals surface area contributed by atoms with Crippen LogP contribution in [0.2, 0.25) is 0 Å². The van der Waals surface area contributed by atoms with Crippen LogP contribution in [0.4, 0.5) is 0 Å². The molecule has 0 N–H and O–H groups in total. The Balaban J connectivity index is 2.28. The van der Waals surface area contributed by atoms with Crippen molar-refractivity contribution in [1.29, 1.82) is 0 Å². The highest BCUT2D eigenvalue weighted by Gasteiger charge is 2.19. The number of unbranched alkanes of at least 4 members (excludes halogenated alkanes) is 24. The van der Waals surface area contributed by atoms with Crippen LogP contribution in [0.25, 0.3) is 0 Å². The maximum absolute atomic E-state index is 4.97. The Morgan fingerprint density at radius 3 is 1.17 bits per heavy atom. The minimum Gasteiger partial charge on any atom is -0.332 e. The van der Waals surface area contributed by atoms with Gasteiger partial charge >= 0.3 is 0 Å². The smallest absolute Gasteiger partial charge is 0.111 e. The van der Waals surface area contributed by atoms with E-state index in [1.165, 1.54) is 198 Å². The number of nitrogens with zero attached hydrogens (tertiary/aromatic N) is 2. The third kappa shape index (κ3) is 21.5. The summed E-state index contributed by atoms with van der Waals surface area (Å²) >= 11 is 0. The molecule has 2 nitrogen and oxygen atoms in total. The van der Waals surface area contributed by atoms with Crippen molar-refractivity contribution in [2.24, 2.45) is 0 Å². The summed E-state index contributed by atoms with van der Waals surface area (Å²) < 4.78 is 2.55. The van der Waals surface area contributed by atoms with Gasteiger partial charge in [0.05, 0.1) is 0 Å². The lowest BCUT2D eigenvalue weighted by molar-refractivity contribution is 0.414. The van der Waals surface area contributed by atoms with Gasteiger partial charge in [0.2, 0.25) is 0 Å². The van der Waals surface area contributed by atoms with E-state index in [2.05, 4.69) is 44.7 Å². The second kappa shape index (κ2) is 29.3. The average molecular weight is 573 g/mol. The van der Waals surface area contributed by atoms with Crippen molar-refractivity contribution in [2.45, 2.75) is 232 Å². The molecule has 0 saturated heterocycles. The van der Waals surface area contributed by atoms with Gasteiger partial charge in [-0.25, -0.2) is 4.98 Å². The van der Waals surface area contributed by atoms with E-state index in [1.807, 2.05) is 0 Å². The highest BCUT2D eigenvalue weighted by Crippen LogP contribution is 2.30. The normalized spacial score (nSPS) is 13.2. The number of hydrogen-bond acceptors (Lipinski definition) is 1. The number of hydrogen-bond donors (Lipinski definition) is 0. The Bertz CT molecular complexity index is 635. The van der Waals surface area contributed by atoms with Crippen LogP contribution in [0.5, 0.6) is 0 Å². The summed E-state index contributed by atoms with van der Waals surface area (Å²) in [6.45, 7) is 9.35. The van der Waals surface area contributed by atoms with Crippen LogP contribution >= 0.6 is 0 Å². The van der Waals surface area contributed by atoms with Crippen LogP contribution in [0.3, 0.4) is 0 Å². The second-order valence-electron chi connectivity index (χ2n) is 13.6. The third-order valence-electron chi connectivity index (χ3n) is 9.58. The van der Waals surface area contributed by atoms with E-state index >= 15 is 0 Å². The topological polar surface area (TPSA) is 17.8 Å². The Hall–Kier alpha value is -0.790. The van der Waals surface area contributed by atoms with Gasteiger partial charge in [0.25, 0.3) is 0 Å². The van der Waals surface area contributed by atoms with E-state index in [0.717, 1.165) is 0 Å². The van der Waals surface area contributed by atoms with Crippen molar-refractivity contribution >= 4 is 0 Å². The molecule has 0 spiro atoms. The van der Waals surface area contributed by atoms with E-state index in [4.69, 9.17) is 4.98 Å². The Kier molecular flexibility index (Phi) is 27.3. The molecule has 0 aliphatic heterocycles. The van der Waals surface area contributed by atoms with E-state index in [-0.39, 0.29) is 0 Å². The summed E-state index contributed by atoms with van der Waals surface area (Å²) in [6.07, 6.45) is 46.8. The predicted octanol–water partition coefficient (Wildman–Crippen LogP) is 14.3. The molecule has 0 amide bonds. The predicted molar refractivity (Wildman–Crippen MR) is 185 cm³/mol. The molecule has 1 aromatic rings. The minimum atomic E-state index is 0.589. The first kappa shape index (κ1) is 38.2. The van der Waals surface area contributed by atoms with Crippen molar-refractivity contribution in [3.05, 3.63) is 18.2 Å². The quantitative estimate of drug-likeness (QED) is 0.0785. The average Bonchev–Trinajstić information content (AvgIpc) is 3.47. The molecule has 41 heavy (non-hydrogen) atoms. The second-order valence-corrected chi connectivity index (χ2v) is 13.6. The van der Waals surface area contributed by atoms with Crippen LogP contribution in [0.15, 0.2) is 12.4 Å². The number of rotatable bonds is 32. The Morgan fingerprint density at radius 1 is 0.463 bits per heavy atom. The molecule has 0 aliphatic rings. The standard InChI is InChI=1S/C39H76N2/c1-5-8-11-13-15-17-18-19-20-21-22-23-24-26-28-31-34-38(33-30-27-25-16-14-12-9-6-2)39-40-35-36-41(39)37(4)32-29-10-7-3/h35-38H,5-34H2,1-4H3. The fraction of sp³-hybridized carbons (Fsp3) is 0.923. The number of aromatic nitrogens is 2. The van der Waals surface area contributed by atoms with Crippen LogP contribution in [-0.2, 0) is 0 Å². The molecule has 0 aliphatic carbocycles. The van der Waals surface area contributed by atoms with Gasteiger partial charge in [-0.05, 0) is 26.2 Å². The van der Waals surface area contributed by atoms with Gasteiger partial charge in [-0.3, -0.25) is 0 Å². The largest absolute Gasteiger partial charge is 0.332 e.